The Morgan fingerprint density at radius 3 is 0.717 bits per heavy atom. The lowest BCUT2D eigenvalue weighted by Gasteiger charge is -2.60. The second-order valence-electron chi connectivity index (χ2n) is 37.8. The largest absolute Gasteiger partial charge is 0.743 e. The van der Waals surface area contributed by atoms with Crippen molar-refractivity contribution in [3.63, 3.8) is 0 Å². The molecule has 16 fully saturated rings. The molecule has 0 aliphatic heterocycles. The van der Waals surface area contributed by atoms with Crippen LogP contribution < -0.4 is 18.9 Å². The van der Waals surface area contributed by atoms with E-state index in [2.05, 4.69) is 76.2 Å². The van der Waals surface area contributed by atoms with Crippen molar-refractivity contribution >= 4 is 65.9 Å². The highest BCUT2D eigenvalue weighted by molar-refractivity contribution is 7.97. The van der Waals surface area contributed by atoms with Gasteiger partial charge in [-0.3, -0.25) is 19.2 Å². The molecule has 0 saturated heterocycles. The Morgan fingerprint density at radius 2 is 0.517 bits per heavy atom. The molecular weight excluding hydrogens is 1620 g/mol. The summed E-state index contributed by atoms with van der Waals surface area (Å²) in [5.74, 6) is 13.7. The fourth-order valence-corrected chi connectivity index (χ4v) is 31.9. The maximum absolute atomic E-state index is 13.4. The van der Waals surface area contributed by atoms with Crippen LogP contribution in [0.3, 0.4) is 0 Å². The zero-order chi connectivity index (χ0) is 84.3. The van der Waals surface area contributed by atoms with Crippen LogP contribution in [0.25, 0.3) is 0 Å². The van der Waals surface area contributed by atoms with Crippen LogP contribution in [0.1, 0.15) is 182 Å². The van der Waals surface area contributed by atoms with E-state index in [0.717, 1.165) is 100 Å². The topological polar surface area (TPSA) is 257 Å². The number of alkyl halides is 4. The Morgan fingerprint density at radius 1 is 0.325 bits per heavy atom. The zero-order valence-electron chi connectivity index (χ0n) is 68.5. The highest BCUT2D eigenvalue weighted by Crippen LogP contribution is 2.68. The van der Waals surface area contributed by atoms with Gasteiger partial charge in [-0.2, -0.15) is 17.6 Å². The van der Waals surface area contributed by atoms with Crippen molar-refractivity contribution in [2.24, 2.45) is 116 Å². The second kappa shape index (κ2) is 34.6. The van der Waals surface area contributed by atoms with Gasteiger partial charge in [0.05, 0.1) is 25.7 Å². The summed E-state index contributed by atoms with van der Waals surface area (Å²) in [6.45, 7) is 9.01. The highest BCUT2D eigenvalue weighted by Gasteiger charge is 2.67. The Labute approximate surface area is 707 Å². The van der Waals surface area contributed by atoms with Gasteiger partial charge in [0.25, 0.3) is 0 Å². The van der Waals surface area contributed by atoms with E-state index in [-0.39, 0.29) is 72.7 Å². The Kier molecular flexibility index (Phi) is 24.9. The maximum atomic E-state index is 13.4. The summed E-state index contributed by atoms with van der Waals surface area (Å²) >= 11 is 0. The van der Waals surface area contributed by atoms with Crippen molar-refractivity contribution < 1.29 is 101 Å². The summed E-state index contributed by atoms with van der Waals surface area (Å²) in [6, 6.07) is 52.7. The smallest absolute Gasteiger partial charge is 0.409 e. The van der Waals surface area contributed by atoms with E-state index >= 15 is 0 Å². The summed E-state index contributed by atoms with van der Waals surface area (Å²) in [5.41, 5.74) is 0.368. The molecule has 0 radical (unpaired) electrons. The van der Waals surface area contributed by atoms with Crippen LogP contribution in [-0.2, 0) is 80.2 Å². The molecule has 120 heavy (non-hydrogen) atoms. The van der Waals surface area contributed by atoms with Gasteiger partial charge in [0.2, 0.25) is 46.8 Å². The van der Waals surface area contributed by atoms with E-state index in [4.69, 9.17) is 37.9 Å². The first-order valence-electron chi connectivity index (χ1n) is 43.0. The predicted octanol–water partition coefficient (Wildman–Crippen LogP) is 19.8. The number of carbonyl (C=O) groups excluding carboxylic acids is 4. The fourth-order valence-electron chi connectivity index (χ4n) is 26.2. The van der Waals surface area contributed by atoms with Gasteiger partial charge in [0, 0.05) is 0 Å². The third-order valence-corrected chi connectivity index (χ3v) is 37.4. The molecule has 16 aliphatic carbocycles. The van der Waals surface area contributed by atoms with Gasteiger partial charge in [-0.05, 0) is 318 Å². The van der Waals surface area contributed by atoms with E-state index in [1.165, 1.54) is 128 Å². The Bertz CT molecular complexity index is 4360. The van der Waals surface area contributed by atoms with Gasteiger partial charge in [-0.1, -0.05) is 113 Å². The standard InChI is InChI=1S/2C46H55O6S.C2H2F4O6S2/c2*1-30-36-18-32-16-33(19-36)23-45(30,22-32)26-43(47)51-28-49-39-12-6-8-14-41(39)53(38-10-4-3-5-11-38)42-15-9-7-13-40(42)50-29-52-44(48)27-46-24-34-17-35(25-46)21-37(20-34)31(46)2;3-1(4,13(7,8)9)2(5,6)14(10,11)12/h2*3-15,30-37H,16-29H2,1-2H3;(H,7,8,9)(H,10,11,12)/q2*+1;/p-2. The number of esters is 4. The number of ether oxygens (including phenoxy) is 8. The Hall–Kier alpha value is -7.36. The summed E-state index contributed by atoms with van der Waals surface area (Å²) in [7, 11) is -15.2. The Balaban J connectivity index is 0.000000154. The van der Waals surface area contributed by atoms with E-state index in [1.54, 1.807) is 0 Å². The van der Waals surface area contributed by atoms with Crippen LogP contribution >= 0.6 is 0 Å². The van der Waals surface area contributed by atoms with Crippen LogP contribution in [0.5, 0.6) is 23.0 Å². The molecule has 6 aromatic carbocycles. The van der Waals surface area contributed by atoms with Crippen LogP contribution in [0.15, 0.2) is 187 Å². The molecule has 6 aromatic rings. The van der Waals surface area contributed by atoms with Gasteiger partial charge >= 0.3 is 34.4 Å². The molecule has 0 amide bonds. The van der Waals surface area contributed by atoms with Crippen molar-refractivity contribution in [1.29, 1.82) is 0 Å². The number of hydrogen-bond donors (Lipinski definition) is 0. The third-order valence-electron chi connectivity index (χ3n) is 30.9. The first-order valence-corrected chi connectivity index (χ1v) is 48.3. The number of benzene rings is 6. The van der Waals surface area contributed by atoms with E-state index in [1.807, 2.05) is 109 Å². The van der Waals surface area contributed by atoms with E-state index in [0.29, 0.717) is 72.4 Å². The molecule has 22 rings (SSSR count). The molecule has 12 atom stereocenters. The molecule has 16 aliphatic rings. The number of hydrogen-bond acceptors (Lipinski definition) is 18. The monoisotopic (exact) mass is 1730 g/mol. The molecular formula is C94H110F4O18S4. The molecule has 0 N–H and O–H groups in total. The lowest BCUT2D eigenvalue weighted by molar-refractivity contribution is -0.165. The molecule has 12 unspecified atom stereocenters. The molecule has 16 saturated carbocycles. The van der Waals surface area contributed by atoms with E-state index in [9.17, 15) is 62.7 Å². The normalized spacial score (nSPS) is 32.9. The van der Waals surface area contributed by atoms with Gasteiger partial charge in [0.1, 0.15) is 21.8 Å². The van der Waals surface area contributed by atoms with Crippen LogP contribution in [0.4, 0.5) is 17.6 Å². The first kappa shape index (κ1) is 86.2. The molecule has 0 aromatic heterocycles. The van der Waals surface area contributed by atoms with Crippen LogP contribution in [0.2, 0.25) is 0 Å². The van der Waals surface area contributed by atoms with Crippen molar-refractivity contribution in [2.75, 3.05) is 27.2 Å². The van der Waals surface area contributed by atoms with Gasteiger partial charge in [-0.15, -0.1) is 0 Å². The predicted molar refractivity (Wildman–Crippen MR) is 438 cm³/mol. The first-order chi connectivity index (χ1) is 57.3. The average Bonchev–Trinajstić information content (AvgIpc) is 0.737. The number of para-hydroxylation sites is 4. The molecule has 16 bridgehead atoms. The highest BCUT2D eigenvalue weighted by atomic mass is 32.2. The van der Waals surface area contributed by atoms with Crippen molar-refractivity contribution in [3.8, 4) is 23.0 Å². The molecule has 26 heteroatoms. The summed E-state index contributed by atoms with van der Waals surface area (Å²) in [5, 5.41) is -13.0. The molecule has 0 spiro atoms. The minimum Gasteiger partial charge on any atom is -0.743 e. The lowest BCUT2D eigenvalue weighted by atomic mass is 9.45. The fraction of sp³-hybridized carbons (Fsp3) is 0.574. The number of halogens is 4. The lowest BCUT2D eigenvalue weighted by Crippen LogP contribution is -2.52. The summed E-state index contributed by atoms with van der Waals surface area (Å²) in [6.07, 6.45) is 27.5. The van der Waals surface area contributed by atoms with Crippen molar-refractivity contribution in [3.05, 3.63) is 158 Å². The zero-order valence-corrected chi connectivity index (χ0v) is 71.8. The molecule has 18 nitrogen and oxygen atoms in total. The average molecular weight is 1730 g/mol. The van der Waals surface area contributed by atoms with Gasteiger partial charge < -0.3 is 47.0 Å². The minimum absolute atomic E-state index is 0.0921. The van der Waals surface area contributed by atoms with Gasteiger partial charge in [0.15, 0.2) is 53.0 Å². The number of carbonyl (C=O) groups is 4. The van der Waals surface area contributed by atoms with Crippen molar-refractivity contribution in [1.82, 2.24) is 0 Å². The van der Waals surface area contributed by atoms with Gasteiger partial charge in [-0.25, -0.2) is 16.8 Å². The quantitative estimate of drug-likeness (QED) is 0.0106. The van der Waals surface area contributed by atoms with Crippen LogP contribution in [-0.4, -0.2) is 87.5 Å². The third kappa shape index (κ3) is 17.5. The summed E-state index contributed by atoms with van der Waals surface area (Å²) < 4.78 is 154. The molecule has 646 valence electrons. The molecule has 0 heterocycles. The maximum Gasteiger partial charge on any atom is 0.409 e. The SMILES string of the molecule is CC1C2CC3CC(C2)CC1(CC(=O)OCOc1ccccc1[S+](c1ccccc1)c1ccccc1OCOC(=O)CC12CC4CC(CC(C4)C1C)C2)C3.CC1C2CC3CC(C2)CC1(CC(=O)OCOc1ccccc1[S+](c1ccccc1)c1ccccc1OCOC(=O)CC12CC4CC(CC(C4)C1C)C2)C3.O=S(=O)([O-])C(F)(F)C(F)(F)S(=O)(=O)[O-]. The minimum atomic E-state index is -6.96. The van der Waals surface area contributed by atoms with E-state index < -0.39 is 52.5 Å². The number of rotatable bonds is 29. The summed E-state index contributed by atoms with van der Waals surface area (Å²) in [4.78, 5) is 59.5. The van der Waals surface area contributed by atoms with Crippen molar-refractivity contribution in [2.45, 2.75) is 222 Å². The van der Waals surface area contributed by atoms with Crippen LogP contribution in [0, 0.1) is 116 Å². The second-order valence-corrected chi connectivity index (χ2v) is 44.6.